The average molecular weight is 263 g/mol. The summed E-state index contributed by atoms with van der Waals surface area (Å²) in [7, 11) is 1.65. The van der Waals surface area contributed by atoms with E-state index in [1.165, 1.54) is 32.1 Å². The average Bonchev–Trinajstić information content (AvgIpc) is 2.63. The topological polar surface area (TPSA) is 41.5 Å². The van der Waals surface area contributed by atoms with Crippen LogP contribution in [0.2, 0.25) is 0 Å². The Balaban J connectivity index is 1.90. The minimum atomic E-state index is 0.343. The van der Waals surface area contributed by atoms with Gasteiger partial charge < -0.3 is 15.2 Å². The number of rotatable bonds is 4. The number of phenolic OH excluding ortho intramolecular Hbond substituents is 1. The molecule has 0 amide bonds. The molecule has 0 saturated heterocycles. The molecule has 106 valence electrons. The van der Waals surface area contributed by atoms with Crippen molar-refractivity contribution < 1.29 is 9.84 Å². The maximum Gasteiger partial charge on any atom is 0.120 e. The Morgan fingerprint density at radius 2 is 2.11 bits per heavy atom. The Morgan fingerprint density at radius 3 is 2.89 bits per heavy atom. The Bertz CT molecular complexity index is 406. The van der Waals surface area contributed by atoms with E-state index >= 15 is 0 Å². The summed E-state index contributed by atoms with van der Waals surface area (Å²) in [5.41, 5.74) is 0.914. The van der Waals surface area contributed by atoms with Gasteiger partial charge in [0.05, 0.1) is 7.11 Å². The number of hydrogen-bond donors (Lipinski definition) is 2. The largest absolute Gasteiger partial charge is 0.508 e. The molecule has 0 aliphatic heterocycles. The number of ether oxygens (including phenoxy) is 1. The zero-order valence-corrected chi connectivity index (χ0v) is 12.0. The molecule has 2 N–H and O–H groups in total. The molecular weight excluding hydrogens is 238 g/mol. The summed E-state index contributed by atoms with van der Waals surface area (Å²) in [6, 6.07) is 5.97. The number of hydrogen-bond acceptors (Lipinski definition) is 3. The lowest BCUT2D eigenvalue weighted by atomic mass is 10.0. The molecule has 2 unspecified atom stereocenters. The fourth-order valence-corrected chi connectivity index (χ4v) is 2.78. The van der Waals surface area contributed by atoms with Gasteiger partial charge in [-0.05, 0) is 43.4 Å². The second kappa shape index (κ2) is 6.80. The SMILES string of the molecule is COc1ccc(O)c(CNC2CCCC(C)CC2)c1. The van der Waals surface area contributed by atoms with E-state index in [2.05, 4.69) is 12.2 Å². The first-order valence-corrected chi connectivity index (χ1v) is 7.28. The standard InChI is InChI=1S/C16H25NO2/c1-12-4-3-5-14(7-6-12)17-11-13-10-15(19-2)8-9-16(13)18/h8-10,12,14,17-18H,3-7,11H2,1-2H3. The first-order chi connectivity index (χ1) is 9.19. The lowest BCUT2D eigenvalue weighted by Crippen LogP contribution is -2.28. The molecule has 0 bridgehead atoms. The van der Waals surface area contributed by atoms with Gasteiger partial charge in [-0.1, -0.05) is 19.8 Å². The molecule has 2 rings (SSSR count). The molecule has 19 heavy (non-hydrogen) atoms. The third-order valence-corrected chi connectivity index (χ3v) is 4.13. The van der Waals surface area contributed by atoms with Crippen molar-refractivity contribution in [2.45, 2.75) is 51.6 Å². The van der Waals surface area contributed by atoms with Crippen molar-refractivity contribution in [1.29, 1.82) is 0 Å². The maximum absolute atomic E-state index is 9.86. The lowest BCUT2D eigenvalue weighted by Gasteiger charge is -2.17. The monoisotopic (exact) mass is 263 g/mol. The molecule has 1 aliphatic carbocycles. The van der Waals surface area contributed by atoms with Gasteiger partial charge in [0.1, 0.15) is 11.5 Å². The summed E-state index contributed by atoms with van der Waals surface area (Å²) in [6.07, 6.45) is 6.45. The summed E-state index contributed by atoms with van der Waals surface area (Å²) in [6.45, 7) is 3.05. The van der Waals surface area contributed by atoms with E-state index in [4.69, 9.17) is 4.74 Å². The van der Waals surface area contributed by atoms with Gasteiger partial charge in [-0.3, -0.25) is 0 Å². The number of methoxy groups -OCH3 is 1. The van der Waals surface area contributed by atoms with Crippen molar-refractivity contribution >= 4 is 0 Å². The van der Waals surface area contributed by atoms with Crippen molar-refractivity contribution in [2.75, 3.05) is 7.11 Å². The third-order valence-electron chi connectivity index (χ3n) is 4.13. The summed E-state index contributed by atoms with van der Waals surface area (Å²) < 4.78 is 5.20. The second-order valence-electron chi connectivity index (χ2n) is 5.69. The van der Waals surface area contributed by atoms with Gasteiger partial charge in [0.2, 0.25) is 0 Å². The minimum absolute atomic E-state index is 0.343. The molecule has 0 aromatic heterocycles. The molecular formula is C16H25NO2. The quantitative estimate of drug-likeness (QED) is 0.817. The van der Waals surface area contributed by atoms with E-state index in [0.29, 0.717) is 18.3 Å². The van der Waals surface area contributed by atoms with E-state index in [1.807, 2.05) is 6.07 Å². The molecule has 3 heteroatoms. The van der Waals surface area contributed by atoms with Crippen molar-refractivity contribution in [3.63, 3.8) is 0 Å². The zero-order chi connectivity index (χ0) is 13.7. The third kappa shape index (κ3) is 4.13. The Labute approximate surface area is 116 Å². The van der Waals surface area contributed by atoms with Crippen molar-refractivity contribution in [2.24, 2.45) is 5.92 Å². The Hall–Kier alpha value is -1.22. The molecule has 0 heterocycles. The number of nitrogens with one attached hydrogen (secondary N) is 1. The number of benzene rings is 1. The highest BCUT2D eigenvalue weighted by Gasteiger charge is 2.16. The normalized spacial score (nSPS) is 23.9. The summed E-state index contributed by atoms with van der Waals surface area (Å²) >= 11 is 0. The van der Waals surface area contributed by atoms with Crippen LogP contribution < -0.4 is 10.1 Å². The van der Waals surface area contributed by atoms with Crippen molar-refractivity contribution in [1.82, 2.24) is 5.32 Å². The molecule has 1 aromatic rings. The summed E-state index contributed by atoms with van der Waals surface area (Å²) in [5.74, 6) is 2.00. The smallest absolute Gasteiger partial charge is 0.120 e. The highest BCUT2D eigenvalue weighted by atomic mass is 16.5. The van der Waals surface area contributed by atoms with Crippen LogP contribution in [0.4, 0.5) is 0 Å². The number of aromatic hydroxyl groups is 1. The van der Waals surface area contributed by atoms with Gasteiger partial charge in [-0.15, -0.1) is 0 Å². The van der Waals surface area contributed by atoms with E-state index < -0.39 is 0 Å². The van der Waals surface area contributed by atoms with Gasteiger partial charge in [0, 0.05) is 18.2 Å². The fourth-order valence-electron chi connectivity index (χ4n) is 2.78. The highest BCUT2D eigenvalue weighted by molar-refractivity contribution is 5.39. The number of phenols is 1. The first-order valence-electron chi connectivity index (χ1n) is 7.28. The molecule has 0 radical (unpaired) electrons. The van der Waals surface area contributed by atoms with Crippen LogP contribution in [-0.4, -0.2) is 18.3 Å². The Morgan fingerprint density at radius 1 is 1.26 bits per heavy atom. The van der Waals surface area contributed by atoms with Gasteiger partial charge in [-0.2, -0.15) is 0 Å². The van der Waals surface area contributed by atoms with E-state index in [9.17, 15) is 5.11 Å². The molecule has 3 nitrogen and oxygen atoms in total. The van der Waals surface area contributed by atoms with Crippen molar-refractivity contribution in [3.8, 4) is 11.5 Å². The van der Waals surface area contributed by atoms with Crippen LogP contribution in [0.1, 0.15) is 44.6 Å². The van der Waals surface area contributed by atoms with Gasteiger partial charge >= 0.3 is 0 Å². The van der Waals surface area contributed by atoms with Gasteiger partial charge in [0.15, 0.2) is 0 Å². The van der Waals surface area contributed by atoms with Crippen LogP contribution in [-0.2, 0) is 6.54 Å². The molecule has 1 saturated carbocycles. The van der Waals surface area contributed by atoms with Crippen LogP contribution in [0.25, 0.3) is 0 Å². The zero-order valence-electron chi connectivity index (χ0n) is 12.0. The molecule has 2 atom stereocenters. The summed E-state index contributed by atoms with van der Waals surface area (Å²) in [5, 5.41) is 13.4. The van der Waals surface area contributed by atoms with Crippen LogP contribution in [0, 0.1) is 5.92 Å². The lowest BCUT2D eigenvalue weighted by molar-refractivity contribution is 0.406. The summed E-state index contributed by atoms with van der Waals surface area (Å²) in [4.78, 5) is 0. The van der Waals surface area contributed by atoms with E-state index in [0.717, 1.165) is 17.2 Å². The maximum atomic E-state index is 9.86. The van der Waals surface area contributed by atoms with Gasteiger partial charge in [0.25, 0.3) is 0 Å². The Kier molecular flexibility index (Phi) is 5.08. The molecule has 0 spiro atoms. The first kappa shape index (κ1) is 14.2. The van der Waals surface area contributed by atoms with E-state index in [-0.39, 0.29) is 0 Å². The van der Waals surface area contributed by atoms with Crippen LogP contribution in [0.15, 0.2) is 18.2 Å². The van der Waals surface area contributed by atoms with Crippen molar-refractivity contribution in [3.05, 3.63) is 23.8 Å². The van der Waals surface area contributed by atoms with Gasteiger partial charge in [-0.25, -0.2) is 0 Å². The predicted octanol–water partition coefficient (Wildman–Crippen LogP) is 3.46. The molecule has 1 fully saturated rings. The molecule has 1 aromatic carbocycles. The van der Waals surface area contributed by atoms with E-state index in [1.54, 1.807) is 19.2 Å². The predicted molar refractivity (Wildman–Crippen MR) is 77.5 cm³/mol. The van der Waals surface area contributed by atoms with Crippen LogP contribution >= 0.6 is 0 Å². The van der Waals surface area contributed by atoms with Crippen LogP contribution in [0.5, 0.6) is 11.5 Å². The van der Waals surface area contributed by atoms with Crippen LogP contribution in [0.3, 0.4) is 0 Å². The fraction of sp³-hybridized carbons (Fsp3) is 0.625. The minimum Gasteiger partial charge on any atom is -0.508 e. The second-order valence-corrected chi connectivity index (χ2v) is 5.69. The highest BCUT2D eigenvalue weighted by Crippen LogP contribution is 2.25. The molecule has 1 aliphatic rings.